The molecule has 230 valence electrons. The van der Waals surface area contributed by atoms with Gasteiger partial charge in [-0.15, -0.1) is 0 Å². The van der Waals surface area contributed by atoms with Crippen LogP contribution in [-0.2, 0) is 22.6 Å². The zero-order valence-corrected chi connectivity index (χ0v) is 25.3. The number of amides is 1. The molecule has 1 amide bonds. The normalized spacial score (nSPS) is 25.1. The number of methoxy groups -OCH3 is 1. The Morgan fingerprint density at radius 1 is 1.09 bits per heavy atom. The third-order valence-corrected chi connectivity index (χ3v) is 9.56. The van der Waals surface area contributed by atoms with E-state index >= 15 is 0 Å². The second-order valence-corrected chi connectivity index (χ2v) is 12.1. The van der Waals surface area contributed by atoms with Crippen LogP contribution in [0.4, 0.5) is 0 Å². The Balaban J connectivity index is 1.66. The highest BCUT2D eigenvalue weighted by molar-refractivity contribution is 6.10. The quantitative estimate of drug-likeness (QED) is 0.311. The lowest BCUT2D eigenvalue weighted by molar-refractivity contribution is -0.151. The van der Waals surface area contributed by atoms with E-state index in [1.54, 1.807) is 32.2 Å². The van der Waals surface area contributed by atoms with Crippen LogP contribution >= 0.6 is 0 Å². The number of phenols is 1. The van der Waals surface area contributed by atoms with Gasteiger partial charge in [0.25, 0.3) is 0 Å². The average Bonchev–Trinajstić information content (AvgIpc) is 2.96. The van der Waals surface area contributed by atoms with Gasteiger partial charge in [0.2, 0.25) is 5.91 Å². The molecule has 2 aromatic rings. The van der Waals surface area contributed by atoms with Gasteiger partial charge < -0.3 is 30.9 Å². The number of aliphatic hydroxyl groups is 3. The van der Waals surface area contributed by atoms with Crippen LogP contribution < -0.4 is 10.5 Å². The molecule has 0 aromatic heterocycles. The van der Waals surface area contributed by atoms with Gasteiger partial charge in [-0.3, -0.25) is 19.4 Å². The van der Waals surface area contributed by atoms with Gasteiger partial charge >= 0.3 is 0 Å². The minimum absolute atomic E-state index is 0.0173. The van der Waals surface area contributed by atoms with Gasteiger partial charge in [0.05, 0.1) is 24.3 Å². The van der Waals surface area contributed by atoms with Crippen molar-refractivity contribution in [2.75, 3.05) is 34.3 Å². The highest BCUT2D eigenvalue weighted by atomic mass is 16.5. The third kappa shape index (κ3) is 4.87. The maximum absolute atomic E-state index is 14.1. The predicted octanol–water partition coefficient (Wildman–Crippen LogP) is 3.30. The smallest absolute Gasteiger partial charge is 0.248 e. The summed E-state index contributed by atoms with van der Waals surface area (Å²) in [6.45, 7) is 6.77. The summed E-state index contributed by atoms with van der Waals surface area (Å²) >= 11 is 0. The fourth-order valence-electron chi connectivity index (χ4n) is 7.36. The summed E-state index contributed by atoms with van der Waals surface area (Å²) in [5.74, 6) is -3.12. The average molecular weight is 592 g/mol. The molecule has 1 saturated carbocycles. The highest BCUT2D eigenvalue weighted by Crippen LogP contribution is 2.54. The van der Waals surface area contributed by atoms with Crippen molar-refractivity contribution in [3.05, 3.63) is 63.9 Å². The lowest BCUT2D eigenvalue weighted by atomic mass is 9.57. The lowest BCUT2D eigenvalue weighted by Crippen LogP contribution is -2.62. The fourth-order valence-corrected chi connectivity index (χ4v) is 7.36. The summed E-state index contributed by atoms with van der Waals surface area (Å²) in [6, 6.07) is 8.44. The molecule has 1 fully saturated rings. The molecule has 0 saturated heterocycles. The minimum atomic E-state index is -2.07. The van der Waals surface area contributed by atoms with Crippen molar-refractivity contribution in [1.82, 2.24) is 9.80 Å². The van der Waals surface area contributed by atoms with Gasteiger partial charge in [0.15, 0.2) is 5.78 Å². The summed E-state index contributed by atoms with van der Waals surface area (Å²) in [6.07, 6.45) is 0.0860. The third-order valence-electron chi connectivity index (χ3n) is 9.56. The van der Waals surface area contributed by atoms with Crippen molar-refractivity contribution >= 4 is 17.4 Å². The number of aromatic hydroxyl groups is 1. The number of nitrogens with zero attached hydrogens (tertiary/aromatic N) is 2. The molecule has 0 heterocycles. The minimum Gasteiger partial charge on any atom is -0.510 e. The molecule has 10 nitrogen and oxygen atoms in total. The van der Waals surface area contributed by atoms with Crippen LogP contribution in [0.1, 0.15) is 43.4 Å². The number of aliphatic hydroxyl groups excluding tert-OH is 2. The number of carbonyl (C=O) groups excluding carboxylic acids is 2. The van der Waals surface area contributed by atoms with Gasteiger partial charge in [-0.25, -0.2) is 0 Å². The van der Waals surface area contributed by atoms with Crippen LogP contribution in [0.15, 0.2) is 47.2 Å². The molecule has 3 aliphatic rings. The first-order valence-corrected chi connectivity index (χ1v) is 14.7. The van der Waals surface area contributed by atoms with Gasteiger partial charge in [-0.1, -0.05) is 26.0 Å². The number of rotatable bonds is 8. The van der Waals surface area contributed by atoms with Crippen LogP contribution in [0.25, 0.3) is 16.9 Å². The molecule has 0 aliphatic heterocycles. The summed E-state index contributed by atoms with van der Waals surface area (Å²) in [4.78, 5) is 30.3. The van der Waals surface area contributed by atoms with E-state index in [9.17, 15) is 30.0 Å². The van der Waals surface area contributed by atoms with Gasteiger partial charge in [-0.05, 0) is 80.8 Å². The number of ether oxygens (including phenoxy) is 1. The Bertz CT molecular complexity index is 1540. The molecule has 4 unspecified atom stereocenters. The Hall–Kier alpha value is -3.86. The zero-order chi connectivity index (χ0) is 31.4. The van der Waals surface area contributed by atoms with Crippen LogP contribution in [0, 0.1) is 11.8 Å². The van der Waals surface area contributed by atoms with Gasteiger partial charge in [-0.2, -0.15) is 0 Å². The van der Waals surface area contributed by atoms with Crippen molar-refractivity contribution in [2.24, 2.45) is 17.6 Å². The molecule has 3 aliphatic carbocycles. The number of hydrogen-bond donors (Lipinski definition) is 5. The molecule has 6 N–H and O–H groups in total. The monoisotopic (exact) mass is 591 g/mol. The Kier molecular flexibility index (Phi) is 8.06. The molecule has 0 radical (unpaired) electrons. The second-order valence-electron chi connectivity index (χ2n) is 12.1. The first-order chi connectivity index (χ1) is 20.4. The maximum Gasteiger partial charge on any atom is 0.248 e. The zero-order valence-electron chi connectivity index (χ0n) is 25.3. The fraction of sp³-hybridized carbons (Fsp3) is 0.455. The second kappa shape index (κ2) is 11.3. The number of likely N-dealkylation sites (N-methyl/N-ethyl adjacent to an activating group) is 1. The van der Waals surface area contributed by atoms with Crippen molar-refractivity contribution in [3.63, 3.8) is 0 Å². The SMILES string of the molecule is CCN(CC)Cc1ccc(OC)c(-c2ccc(O)c3c2CC2CC4C(N(C)C)C(O)=C(C(N)=O)CC4(O)C(=O)C2=C3O)c1. The molecule has 0 spiro atoms. The highest BCUT2D eigenvalue weighted by Gasteiger charge is 2.60. The van der Waals surface area contributed by atoms with Gasteiger partial charge in [0, 0.05) is 30.0 Å². The van der Waals surface area contributed by atoms with Crippen LogP contribution in [-0.4, -0.2) is 87.9 Å². The van der Waals surface area contributed by atoms with E-state index in [4.69, 9.17) is 10.5 Å². The van der Waals surface area contributed by atoms with E-state index in [0.717, 1.165) is 36.3 Å². The summed E-state index contributed by atoms with van der Waals surface area (Å²) in [5.41, 5.74) is 6.72. The van der Waals surface area contributed by atoms with Crippen LogP contribution in [0.3, 0.4) is 0 Å². The largest absolute Gasteiger partial charge is 0.510 e. The van der Waals surface area contributed by atoms with Crippen LogP contribution in [0.5, 0.6) is 11.5 Å². The van der Waals surface area contributed by atoms with Crippen molar-refractivity contribution in [3.8, 4) is 22.6 Å². The van der Waals surface area contributed by atoms with Gasteiger partial charge in [0.1, 0.15) is 28.6 Å². The number of fused-ring (bicyclic) bond motifs is 3. The number of primary amides is 1. The molecule has 43 heavy (non-hydrogen) atoms. The summed E-state index contributed by atoms with van der Waals surface area (Å²) < 4.78 is 5.74. The van der Waals surface area contributed by atoms with Crippen molar-refractivity contribution < 1.29 is 34.8 Å². The van der Waals surface area contributed by atoms with E-state index in [2.05, 4.69) is 24.8 Å². The molecular weight excluding hydrogens is 550 g/mol. The number of carbonyl (C=O) groups is 2. The predicted molar refractivity (Wildman–Crippen MR) is 162 cm³/mol. The van der Waals surface area contributed by atoms with Crippen LogP contribution in [0.2, 0.25) is 0 Å². The van der Waals surface area contributed by atoms with E-state index in [1.165, 1.54) is 6.07 Å². The lowest BCUT2D eigenvalue weighted by Gasteiger charge is -2.51. The molecule has 2 aromatic carbocycles. The number of Topliss-reactive ketones (excluding diaryl/α,β-unsaturated/α-hetero) is 1. The van der Waals surface area contributed by atoms with E-state index in [1.807, 2.05) is 12.1 Å². The Labute approximate surface area is 251 Å². The number of benzene rings is 2. The van der Waals surface area contributed by atoms with E-state index in [-0.39, 0.29) is 40.4 Å². The van der Waals surface area contributed by atoms with Crippen molar-refractivity contribution in [1.29, 1.82) is 0 Å². The number of hydrogen-bond acceptors (Lipinski definition) is 9. The van der Waals surface area contributed by atoms with E-state index < -0.39 is 41.6 Å². The van der Waals surface area contributed by atoms with Crippen molar-refractivity contribution in [2.45, 2.75) is 51.3 Å². The Morgan fingerprint density at radius 2 is 1.79 bits per heavy atom. The molecule has 4 atom stereocenters. The summed E-state index contributed by atoms with van der Waals surface area (Å²) in [7, 11) is 4.99. The maximum atomic E-state index is 14.1. The molecular formula is C33H41N3O7. The number of nitrogens with two attached hydrogens (primary N) is 1. The van der Waals surface area contributed by atoms with E-state index in [0.29, 0.717) is 17.7 Å². The first-order valence-electron chi connectivity index (χ1n) is 14.7. The molecule has 0 bridgehead atoms. The standard InChI is InChI=1S/C33H41N3O7/c1-6-36(7-2)16-17-8-11-25(43-5)20(12-17)19-9-10-24(37)27-21(19)13-18-14-23-28(35(3)4)29(38)22(32(34)41)15-33(23,42)31(40)26(18)30(27)39/h8-12,18,23,28,37-39,42H,6-7,13-16H2,1-5H3,(H2,34,41). The first kappa shape index (κ1) is 30.6. The summed E-state index contributed by atoms with van der Waals surface area (Å²) in [5, 5.41) is 45.5. The topological polar surface area (TPSA) is 157 Å². The Morgan fingerprint density at radius 3 is 2.40 bits per heavy atom. The number of ketones is 1. The molecule has 10 heteroatoms. The number of phenolic OH excluding ortho intramolecular Hbond substituents is 1. The molecule has 5 rings (SSSR count).